The molecule has 0 radical (unpaired) electrons. The van der Waals surface area contributed by atoms with Gasteiger partial charge in [0.1, 0.15) is 0 Å². The number of hydrogen-bond donors (Lipinski definition) is 2. The molecule has 0 aliphatic heterocycles. The van der Waals surface area contributed by atoms with Crippen LogP contribution in [-0.4, -0.2) is 35.0 Å². The molecule has 0 saturated heterocycles. The lowest BCUT2D eigenvalue weighted by Gasteiger charge is -2.13. The summed E-state index contributed by atoms with van der Waals surface area (Å²) in [5.41, 5.74) is 2.17. The van der Waals surface area contributed by atoms with Crippen LogP contribution < -0.4 is 5.32 Å². The van der Waals surface area contributed by atoms with Crippen molar-refractivity contribution >= 4 is 29.7 Å². The third kappa shape index (κ3) is 5.48. The van der Waals surface area contributed by atoms with E-state index in [2.05, 4.69) is 5.32 Å². The van der Waals surface area contributed by atoms with Crippen LogP contribution >= 0.6 is 11.8 Å². The van der Waals surface area contributed by atoms with Crippen molar-refractivity contribution in [2.24, 2.45) is 0 Å². The SMILES string of the molecule is CSCC(C)NC(=O)c1cc(C)cc(/C=C/C(=O)O)c1. The van der Waals surface area contributed by atoms with E-state index >= 15 is 0 Å². The molecule has 1 atom stereocenters. The summed E-state index contributed by atoms with van der Waals surface area (Å²) < 4.78 is 0. The Balaban J connectivity index is 2.89. The first-order valence-electron chi connectivity index (χ1n) is 6.25. The van der Waals surface area contributed by atoms with Gasteiger partial charge in [-0.2, -0.15) is 11.8 Å². The maximum atomic E-state index is 12.1. The summed E-state index contributed by atoms with van der Waals surface area (Å²) >= 11 is 1.67. The molecular weight excluding hydrogens is 274 g/mol. The first-order chi connectivity index (χ1) is 9.42. The summed E-state index contributed by atoms with van der Waals surface area (Å²) in [6, 6.07) is 5.41. The number of benzene rings is 1. The zero-order valence-electron chi connectivity index (χ0n) is 11.8. The second-order valence-corrected chi connectivity index (χ2v) is 5.54. The summed E-state index contributed by atoms with van der Waals surface area (Å²) in [5.74, 6) is -0.296. The molecule has 1 aromatic carbocycles. The summed E-state index contributed by atoms with van der Waals surface area (Å²) in [6.45, 7) is 3.83. The van der Waals surface area contributed by atoms with Crippen molar-refractivity contribution in [3.63, 3.8) is 0 Å². The van der Waals surface area contributed by atoms with E-state index in [1.165, 1.54) is 6.08 Å². The average molecular weight is 293 g/mol. The van der Waals surface area contributed by atoms with E-state index in [0.717, 1.165) is 17.4 Å². The van der Waals surface area contributed by atoms with Crippen LogP contribution in [0.25, 0.3) is 6.08 Å². The Hall–Kier alpha value is -1.75. The molecule has 0 aromatic heterocycles. The standard InChI is InChI=1S/C15H19NO3S/c1-10-6-12(4-5-14(17)18)8-13(7-10)15(19)16-11(2)9-20-3/h4-8,11H,9H2,1-3H3,(H,16,19)(H,17,18)/b5-4+. The fourth-order valence-corrected chi connectivity index (χ4v) is 2.39. The maximum absolute atomic E-state index is 12.1. The van der Waals surface area contributed by atoms with Gasteiger partial charge >= 0.3 is 5.97 Å². The van der Waals surface area contributed by atoms with Crippen molar-refractivity contribution in [1.82, 2.24) is 5.32 Å². The van der Waals surface area contributed by atoms with Crippen molar-refractivity contribution in [3.8, 4) is 0 Å². The van der Waals surface area contributed by atoms with Gasteiger partial charge in [0.25, 0.3) is 5.91 Å². The van der Waals surface area contributed by atoms with Gasteiger partial charge in [0.15, 0.2) is 0 Å². The molecular formula is C15H19NO3S. The Bertz CT molecular complexity index is 526. The highest BCUT2D eigenvalue weighted by Crippen LogP contribution is 2.12. The Kier molecular flexibility index (Phi) is 6.31. The highest BCUT2D eigenvalue weighted by molar-refractivity contribution is 7.98. The zero-order chi connectivity index (χ0) is 15.1. The molecule has 5 heteroatoms. The molecule has 0 saturated carbocycles. The third-order valence-corrected chi connectivity index (χ3v) is 3.41. The van der Waals surface area contributed by atoms with Gasteiger partial charge in [-0.05, 0) is 49.4 Å². The number of rotatable bonds is 6. The minimum absolute atomic E-state index is 0.0935. The van der Waals surface area contributed by atoms with Gasteiger partial charge in [0, 0.05) is 23.4 Å². The highest BCUT2D eigenvalue weighted by Gasteiger charge is 2.10. The van der Waals surface area contributed by atoms with Crippen molar-refractivity contribution in [3.05, 3.63) is 41.0 Å². The van der Waals surface area contributed by atoms with E-state index < -0.39 is 5.97 Å². The summed E-state index contributed by atoms with van der Waals surface area (Å²) in [7, 11) is 0. The van der Waals surface area contributed by atoms with Gasteiger partial charge in [-0.15, -0.1) is 0 Å². The van der Waals surface area contributed by atoms with Gasteiger partial charge in [-0.1, -0.05) is 6.07 Å². The van der Waals surface area contributed by atoms with Crippen molar-refractivity contribution < 1.29 is 14.7 Å². The molecule has 1 aromatic rings. The van der Waals surface area contributed by atoms with E-state index in [1.807, 2.05) is 26.2 Å². The lowest BCUT2D eigenvalue weighted by Crippen LogP contribution is -2.34. The lowest BCUT2D eigenvalue weighted by molar-refractivity contribution is -0.131. The van der Waals surface area contributed by atoms with Crippen LogP contribution in [0.2, 0.25) is 0 Å². The normalized spacial score (nSPS) is 12.3. The number of carboxylic acids is 1. The number of hydrogen-bond acceptors (Lipinski definition) is 3. The Labute approximate surface area is 123 Å². The highest BCUT2D eigenvalue weighted by atomic mass is 32.2. The predicted molar refractivity (Wildman–Crippen MR) is 83.2 cm³/mol. The number of carboxylic acid groups (broad SMARTS) is 1. The van der Waals surface area contributed by atoms with E-state index in [1.54, 1.807) is 23.9 Å². The fourth-order valence-electron chi connectivity index (χ4n) is 1.81. The second-order valence-electron chi connectivity index (χ2n) is 4.63. The maximum Gasteiger partial charge on any atom is 0.328 e. The molecule has 0 aliphatic rings. The molecule has 2 N–H and O–H groups in total. The molecule has 0 aliphatic carbocycles. The molecule has 0 bridgehead atoms. The smallest absolute Gasteiger partial charge is 0.328 e. The predicted octanol–water partition coefficient (Wildman–Crippen LogP) is 2.57. The molecule has 108 valence electrons. The Morgan fingerprint density at radius 2 is 2.10 bits per heavy atom. The van der Waals surface area contributed by atoms with Crippen LogP contribution in [0.1, 0.15) is 28.4 Å². The molecule has 20 heavy (non-hydrogen) atoms. The number of thioether (sulfide) groups is 1. The summed E-state index contributed by atoms with van der Waals surface area (Å²) in [4.78, 5) is 22.6. The minimum atomic E-state index is -1.01. The average Bonchev–Trinajstić information content (AvgIpc) is 2.36. The van der Waals surface area contributed by atoms with Gasteiger partial charge in [-0.3, -0.25) is 4.79 Å². The van der Waals surface area contributed by atoms with Gasteiger partial charge in [0.05, 0.1) is 0 Å². The topological polar surface area (TPSA) is 66.4 Å². The van der Waals surface area contributed by atoms with Gasteiger partial charge in [0.2, 0.25) is 0 Å². The van der Waals surface area contributed by atoms with Crippen LogP contribution in [0.3, 0.4) is 0 Å². The van der Waals surface area contributed by atoms with Crippen molar-refractivity contribution in [1.29, 1.82) is 0 Å². The lowest BCUT2D eigenvalue weighted by atomic mass is 10.1. The molecule has 1 unspecified atom stereocenters. The number of amides is 1. The fraction of sp³-hybridized carbons (Fsp3) is 0.333. The molecule has 1 rings (SSSR count). The van der Waals surface area contributed by atoms with Crippen LogP contribution in [0.15, 0.2) is 24.3 Å². The quantitative estimate of drug-likeness (QED) is 0.791. The van der Waals surface area contributed by atoms with Crippen LogP contribution in [0, 0.1) is 6.92 Å². The number of nitrogens with one attached hydrogen (secondary N) is 1. The first-order valence-corrected chi connectivity index (χ1v) is 7.64. The monoisotopic (exact) mass is 293 g/mol. The Morgan fingerprint density at radius 3 is 2.70 bits per heavy atom. The number of carbonyl (C=O) groups is 2. The van der Waals surface area contributed by atoms with Crippen molar-refractivity contribution in [2.45, 2.75) is 19.9 Å². The van der Waals surface area contributed by atoms with E-state index in [0.29, 0.717) is 11.1 Å². The van der Waals surface area contributed by atoms with Gasteiger partial charge in [-0.25, -0.2) is 4.79 Å². The summed E-state index contributed by atoms with van der Waals surface area (Å²) in [5, 5.41) is 11.5. The van der Waals surface area contributed by atoms with E-state index in [-0.39, 0.29) is 11.9 Å². The molecule has 0 fully saturated rings. The largest absolute Gasteiger partial charge is 0.478 e. The van der Waals surface area contributed by atoms with Crippen LogP contribution in [0.5, 0.6) is 0 Å². The van der Waals surface area contributed by atoms with Crippen molar-refractivity contribution in [2.75, 3.05) is 12.0 Å². The first kappa shape index (κ1) is 16.3. The van der Waals surface area contributed by atoms with Crippen LogP contribution in [0.4, 0.5) is 0 Å². The van der Waals surface area contributed by atoms with Crippen LogP contribution in [-0.2, 0) is 4.79 Å². The number of aliphatic carboxylic acids is 1. The number of aryl methyl sites for hydroxylation is 1. The molecule has 1 amide bonds. The Morgan fingerprint density at radius 1 is 1.40 bits per heavy atom. The van der Waals surface area contributed by atoms with E-state index in [9.17, 15) is 9.59 Å². The molecule has 0 spiro atoms. The molecule has 4 nitrogen and oxygen atoms in total. The summed E-state index contributed by atoms with van der Waals surface area (Å²) in [6.07, 6.45) is 4.54. The van der Waals surface area contributed by atoms with E-state index in [4.69, 9.17) is 5.11 Å². The third-order valence-electron chi connectivity index (χ3n) is 2.57. The molecule has 0 heterocycles. The minimum Gasteiger partial charge on any atom is -0.478 e. The zero-order valence-corrected chi connectivity index (χ0v) is 12.7. The second kappa shape index (κ2) is 7.75. The number of carbonyl (C=O) groups excluding carboxylic acids is 1. The van der Waals surface area contributed by atoms with Gasteiger partial charge < -0.3 is 10.4 Å².